The average molecular weight is 613 g/mol. The molecule has 1 unspecified atom stereocenters. The van der Waals surface area contributed by atoms with Gasteiger partial charge < -0.3 is 10.6 Å². The fourth-order valence-electron chi connectivity index (χ4n) is 3.71. The first kappa shape index (κ1) is 31.0. The van der Waals surface area contributed by atoms with E-state index < -0.39 is 41.5 Å². The van der Waals surface area contributed by atoms with E-state index in [9.17, 15) is 40.3 Å². The Morgan fingerprint density at radius 1 is 0.814 bits per heavy atom. The molecule has 4 aromatic rings. The van der Waals surface area contributed by atoms with Crippen LogP contribution < -0.4 is 10.6 Å². The van der Waals surface area contributed by atoms with Crippen molar-refractivity contribution in [1.82, 2.24) is 45.6 Å². The van der Waals surface area contributed by atoms with Crippen molar-refractivity contribution in [1.29, 1.82) is 0 Å². The first-order valence-corrected chi connectivity index (χ1v) is 12.5. The van der Waals surface area contributed by atoms with E-state index in [1.807, 2.05) is 0 Å². The summed E-state index contributed by atoms with van der Waals surface area (Å²) < 4.78 is 93.9. The van der Waals surface area contributed by atoms with E-state index in [4.69, 9.17) is 0 Å². The summed E-state index contributed by atoms with van der Waals surface area (Å²) >= 11 is 0. The van der Waals surface area contributed by atoms with Gasteiger partial charge in [0.1, 0.15) is 6.17 Å². The topological polar surface area (TPSA) is 133 Å². The number of amides is 2. The summed E-state index contributed by atoms with van der Waals surface area (Å²) in [6.45, 7) is -0.748. The van der Waals surface area contributed by atoms with Crippen molar-refractivity contribution >= 4 is 11.8 Å². The van der Waals surface area contributed by atoms with Gasteiger partial charge in [-0.3, -0.25) is 19.3 Å². The van der Waals surface area contributed by atoms with Crippen molar-refractivity contribution in [2.75, 3.05) is 0 Å². The van der Waals surface area contributed by atoms with Crippen LogP contribution in [0.4, 0.5) is 30.7 Å². The van der Waals surface area contributed by atoms with Gasteiger partial charge in [0.15, 0.2) is 11.4 Å². The predicted octanol–water partition coefficient (Wildman–Crippen LogP) is 3.59. The molecule has 228 valence electrons. The highest BCUT2D eigenvalue weighted by Crippen LogP contribution is 2.30. The number of aryl methyl sites for hydroxylation is 1. The second-order valence-corrected chi connectivity index (χ2v) is 9.18. The van der Waals surface area contributed by atoms with E-state index in [0.29, 0.717) is 0 Å². The van der Waals surface area contributed by atoms with E-state index >= 15 is 0 Å². The minimum Gasteiger partial charge on any atom is -0.347 e. The molecular formula is C25H22F7N9O2. The highest BCUT2D eigenvalue weighted by molar-refractivity contribution is 5.92. The maximum Gasteiger partial charge on any atom is 0.416 e. The highest BCUT2D eigenvalue weighted by atomic mass is 19.4. The zero-order valence-corrected chi connectivity index (χ0v) is 21.9. The number of benzene rings is 1. The van der Waals surface area contributed by atoms with Crippen molar-refractivity contribution in [3.63, 3.8) is 0 Å². The molecule has 0 bridgehead atoms. The molecule has 1 atom stereocenters. The zero-order chi connectivity index (χ0) is 31.2. The first-order valence-electron chi connectivity index (χ1n) is 12.5. The minimum atomic E-state index is -4.56. The van der Waals surface area contributed by atoms with Crippen LogP contribution in [0.3, 0.4) is 0 Å². The molecule has 0 aliphatic rings. The molecule has 18 heteroatoms. The minimum absolute atomic E-state index is 0.0150. The number of hydrogen-bond acceptors (Lipinski definition) is 7. The van der Waals surface area contributed by atoms with Gasteiger partial charge in [-0.2, -0.15) is 26.3 Å². The van der Waals surface area contributed by atoms with Gasteiger partial charge in [-0.05, 0) is 29.8 Å². The van der Waals surface area contributed by atoms with Crippen LogP contribution >= 0.6 is 0 Å². The molecule has 3 aromatic heterocycles. The van der Waals surface area contributed by atoms with Gasteiger partial charge >= 0.3 is 12.4 Å². The van der Waals surface area contributed by atoms with E-state index in [1.165, 1.54) is 29.2 Å². The quantitative estimate of drug-likeness (QED) is 0.247. The molecule has 0 saturated carbocycles. The number of carbonyl (C=O) groups excluding carboxylic acids is 2. The van der Waals surface area contributed by atoms with Crippen LogP contribution in [0.15, 0.2) is 55.0 Å². The van der Waals surface area contributed by atoms with Gasteiger partial charge in [-0.15, -0.1) is 10.2 Å². The smallest absolute Gasteiger partial charge is 0.347 e. The zero-order valence-electron chi connectivity index (χ0n) is 21.9. The van der Waals surface area contributed by atoms with Gasteiger partial charge in [0.05, 0.1) is 42.3 Å². The molecule has 3 heterocycles. The Kier molecular flexibility index (Phi) is 9.35. The Balaban J connectivity index is 1.21. The molecular weight excluding hydrogens is 591 g/mol. The molecule has 0 spiro atoms. The number of alkyl halides is 7. The summed E-state index contributed by atoms with van der Waals surface area (Å²) in [7, 11) is 0. The van der Waals surface area contributed by atoms with E-state index in [2.05, 4.69) is 36.2 Å². The highest BCUT2D eigenvalue weighted by Gasteiger charge is 2.31. The molecule has 1 aromatic carbocycles. The largest absolute Gasteiger partial charge is 0.416 e. The van der Waals surface area contributed by atoms with Crippen LogP contribution in [0.5, 0.6) is 0 Å². The van der Waals surface area contributed by atoms with E-state index in [0.717, 1.165) is 35.1 Å². The molecule has 2 N–H and O–H groups in total. The molecule has 0 aliphatic carbocycles. The van der Waals surface area contributed by atoms with Gasteiger partial charge in [-0.25, -0.2) is 9.07 Å². The SMILES string of the molecule is O=C(NCc1cccc(C(F)(F)F)c1)c1cn(CCC(F)Cn2cc(C(=O)NCc3cc(C(F)(F)F)ccn3)nn2)nn1. The van der Waals surface area contributed by atoms with Crippen LogP contribution in [0, 0.1) is 0 Å². The molecule has 0 fully saturated rings. The number of halogens is 7. The monoisotopic (exact) mass is 613 g/mol. The number of pyridine rings is 1. The van der Waals surface area contributed by atoms with Crippen LogP contribution in [0.2, 0.25) is 0 Å². The van der Waals surface area contributed by atoms with Gasteiger partial charge in [0, 0.05) is 25.7 Å². The van der Waals surface area contributed by atoms with Gasteiger partial charge in [0.2, 0.25) is 0 Å². The number of carbonyl (C=O) groups is 2. The third kappa shape index (κ3) is 8.79. The molecule has 11 nitrogen and oxygen atoms in total. The van der Waals surface area contributed by atoms with Crippen molar-refractivity contribution in [2.24, 2.45) is 0 Å². The van der Waals surface area contributed by atoms with Gasteiger partial charge in [-0.1, -0.05) is 22.6 Å². The first-order chi connectivity index (χ1) is 20.3. The molecule has 43 heavy (non-hydrogen) atoms. The molecule has 0 radical (unpaired) electrons. The van der Waals surface area contributed by atoms with Crippen molar-refractivity contribution < 1.29 is 40.3 Å². The third-order valence-electron chi connectivity index (χ3n) is 5.88. The van der Waals surface area contributed by atoms with Crippen LogP contribution in [0.1, 0.15) is 49.8 Å². The third-order valence-corrected chi connectivity index (χ3v) is 5.88. The Labute approximate surface area is 238 Å². The second kappa shape index (κ2) is 13.0. The number of nitrogens with one attached hydrogen (secondary N) is 2. The predicted molar refractivity (Wildman–Crippen MR) is 133 cm³/mol. The summed E-state index contributed by atoms with van der Waals surface area (Å²) in [5, 5.41) is 19.6. The van der Waals surface area contributed by atoms with Crippen LogP contribution in [0.25, 0.3) is 0 Å². The molecule has 2 amide bonds. The summed E-state index contributed by atoms with van der Waals surface area (Å²) in [4.78, 5) is 28.4. The lowest BCUT2D eigenvalue weighted by molar-refractivity contribution is -0.138. The van der Waals surface area contributed by atoms with Crippen LogP contribution in [-0.4, -0.2) is 53.0 Å². The van der Waals surface area contributed by atoms with Gasteiger partial charge in [0.25, 0.3) is 11.8 Å². The fourth-order valence-corrected chi connectivity index (χ4v) is 3.71. The van der Waals surface area contributed by atoms with Crippen molar-refractivity contribution in [3.05, 3.63) is 88.8 Å². The lowest BCUT2D eigenvalue weighted by Crippen LogP contribution is -2.24. The Hall–Kier alpha value is -4.90. The Bertz CT molecular complexity index is 1570. The Morgan fingerprint density at radius 2 is 1.42 bits per heavy atom. The lowest BCUT2D eigenvalue weighted by Gasteiger charge is -2.09. The second-order valence-electron chi connectivity index (χ2n) is 9.18. The fraction of sp³-hybridized carbons (Fsp3) is 0.320. The average Bonchev–Trinajstić information content (AvgIpc) is 3.63. The number of aromatic nitrogens is 7. The molecule has 0 saturated heterocycles. The van der Waals surface area contributed by atoms with Crippen molar-refractivity contribution in [3.8, 4) is 0 Å². The van der Waals surface area contributed by atoms with E-state index in [-0.39, 0.29) is 55.2 Å². The van der Waals surface area contributed by atoms with E-state index in [1.54, 1.807) is 0 Å². The maximum absolute atomic E-state index is 14.6. The van der Waals surface area contributed by atoms with Crippen molar-refractivity contribution in [2.45, 2.75) is 51.1 Å². The normalized spacial score (nSPS) is 12.6. The van der Waals surface area contributed by atoms with Crippen LogP contribution in [-0.2, 0) is 38.5 Å². The lowest BCUT2D eigenvalue weighted by atomic mass is 10.1. The Morgan fingerprint density at radius 3 is 2.09 bits per heavy atom. The maximum atomic E-state index is 14.6. The standard InChI is InChI=1S/C25H22F7N9O2/c26-18(12-41-14-21(37-39-41)23(43)35-11-19-9-17(4-6-33-19)25(30,31)32)5-7-40-13-20(36-38-40)22(42)34-10-15-2-1-3-16(8-15)24(27,28)29/h1-4,6,8-9,13-14,18H,5,7,10-12H2,(H,34,42)(H,35,43). The molecule has 4 rings (SSSR count). The number of hydrogen-bond donors (Lipinski definition) is 2. The number of nitrogens with zero attached hydrogens (tertiary/aromatic N) is 7. The summed E-state index contributed by atoms with van der Waals surface area (Å²) in [6.07, 6.45) is -7.24. The summed E-state index contributed by atoms with van der Waals surface area (Å²) in [5.74, 6) is -1.43. The summed E-state index contributed by atoms with van der Waals surface area (Å²) in [6, 6.07) is 6.09. The number of rotatable bonds is 11. The summed E-state index contributed by atoms with van der Waals surface area (Å²) in [5.41, 5.74) is -1.85. The molecule has 0 aliphatic heterocycles.